The quantitative estimate of drug-likeness (QED) is 0.0940. The van der Waals surface area contributed by atoms with Crippen LogP contribution in [0.2, 0.25) is 0 Å². The SMILES string of the molecule is Cc1cc(C(c2ccc(C(C)C)cc2)c2cc(C)c(N=Cc3ccccn3)c(C)c2)cc(C)c1N=Cc1ccccn1.[Ni].[Ni]. The summed E-state index contributed by atoms with van der Waals surface area (Å²) in [7, 11) is 0. The molecule has 0 saturated heterocycles. The van der Waals surface area contributed by atoms with Gasteiger partial charge in [0.1, 0.15) is 0 Å². The molecule has 4 nitrogen and oxygen atoms in total. The molecule has 3 aromatic carbocycles. The van der Waals surface area contributed by atoms with Gasteiger partial charge in [0, 0.05) is 51.3 Å². The molecule has 44 heavy (non-hydrogen) atoms. The Morgan fingerprint density at radius 1 is 0.523 bits per heavy atom. The van der Waals surface area contributed by atoms with E-state index in [0.717, 1.165) is 45.0 Å². The van der Waals surface area contributed by atoms with Crippen molar-refractivity contribution in [3.05, 3.63) is 153 Å². The molecule has 0 unspecified atom stereocenters. The van der Waals surface area contributed by atoms with E-state index in [9.17, 15) is 0 Å². The van der Waals surface area contributed by atoms with E-state index in [4.69, 9.17) is 9.98 Å². The average Bonchev–Trinajstić information content (AvgIpc) is 2.98. The Balaban J connectivity index is 0.00000264. The van der Waals surface area contributed by atoms with Gasteiger partial charge in [-0.05, 0) is 102 Å². The molecule has 6 heteroatoms. The summed E-state index contributed by atoms with van der Waals surface area (Å²) in [4.78, 5) is 18.4. The number of hydrogen-bond acceptors (Lipinski definition) is 4. The zero-order valence-corrected chi connectivity index (χ0v) is 27.9. The predicted molar refractivity (Wildman–Crippen MR) is 176 cm³/mol. The first kappa shape index (κ1) is 34.8. The molecule has 0 fully saturated rings. The van der Waals surface area contributed by atoms with Gasteiger partial charge in [0.25, 0.3) is 0 Å². The summed E-state index contributed by atoms with van der Waals surface area (Å²) < 4.78 is 0. The van der Waals surface area contributed by atoms with Crippen LogP contribution in [0, 0.1) is 27.7 Å². The molecule has 2 heterocycles. The molecule has 0 saturated carbocycles. The summed E-state index contributed by atoms with van der Waals surface area (Å²) >= 11 is 0. The van der Waals surface area contributed by atoms with Crippen LogP contribution in [0.5, 0.6) is 0 Å². The van der Waals surface area contributed by atoms with Crippen LogP contribution in [-0.2, 0) is 33.0 Å². The minimum Gasteiger partial charge on any atom is -0.255 e. The van der Waals surface area contributed by atoms with Crippen molar-refractivity contribution in [1.82, 2.24) is 9.97 Å². The smallest absolute Gasteiger partial charge is 0.0812 e. The van der Waals surface area contributed by atoms with Gasteiger partial charge >= 0.3 is 0 Å². The fourth-order valence-corrected chi connectivity index (χ4v) is 5.54. The van der Waals surface area contributed by atoms with Gasteiger partial charge in [0.05, 0.1) is 35.2 Å². The van der Waals surface area contributed by atoms with Gasteiger partial charge in [-0.3, -0.25) is 20.0 Å². The van der Waals surface area contributed by atoms with E-state index in [1.165, 1.54) is 22.3 Å². The molecule has 0 amide bonds. The van der Waals surface area contributed by atoms with E-state index >= 15 is 0 Å². The first-order valence-corrected chi connectivity index (χ1v) is 14.5. The Kier molecular flexibility index (Phi) is 12.5. The van der Waals surface area contributed by atoms with Gasteiger partial charge in [0.2, 0.25) is 0 Å². The van der Waals surface area contributed by atoms with E-state index in [1.54, 1.807) is 12.4 Å². The van der Waals surface area contributed by atoms with Crippen molar-refractivity contribution in [2.45, 2.75) is 53.4 Å². The van der Waals surface area contributed by atoms with Crippen molar-refractivity contribution >= 4 is 23.8 Å². The fraction of sp³-hybridized carbons (Fsp3) is 0.211. The molecule has 0 bridgehead atoms. The second kappa shape index (κ2) is 15.8. The minimum atomic E-state index is 0. The third kappa shape index (κ3) is 8.26. The maximum Gasteiger partial charge on any atom is 0.0812 e. The molecule has 230 valence electrons. The van der Waals surface area contributed by atoms with Gasteiger partial charge in [-0.25, -0.2) is 0 Å². The molecule has 0 aliphatic heterocycles. The maximum atomic E-state index is 4.83. The van der Waals surface area contributed by atoms with Crippen molar-refractivity contribution in [1.29, 1.82) is 0 Å². The van der Waals surface area contributed by atoms with Gasteiger partial charge in [-0.1, -0.05) is 74.5 Å². The van der Waals surface area contributed by atoms with E-state index in [0.29, 0.717) is 5.92 Å². The number of nitrogens with zero attached hydrogens (tertiary/aromatic N) is 4. The summed E-state index contributed by atoms with van der Waals surface area (Å²) in [6.45, 7) is 13.1. The van der Waals surface area contributed by atoms with E-state index < -0.39 is 0 Å². The summed E-state index contributed by atoms with van der Waals surface area (Å²) in [5, 5.41) is 0. The van der Waals surface area contributed by atoms with E-state index in [2.05, 4.69) is 100 Å². The minimum absolute atomic E-state index is 0. The number of hydrogen-bond donors (Lipinski definition) is 0. The predicted octanol–water partition coefficient (Wildman–Crippen LogP) is 9.51. The monoisotopic (exact) mass is 666 g/mol. The molecule has 0 radical (unpaired) electrons. The van der Waals surface area contributed by atoms with Gasteiger partial charge in [-0.15, -0.1) is 0 Å². The number of aliphatic imine (C=N–C) groups is 2. The Hall–Kier alpha value is -3.71. The van der Waals surface area contributed by atoms with Gasteiger partial charge in [0.15, 0.2) is 0 Å². The van der Waals surface area contributed by atoms with Crippen LogP contribution in [0.1, 0.15) is 81.6 Å². The summed E-state index contributed by atoms with van der Waals surface area (Å²) in [5.41, 5.74) is 13.4. The molecular formula is C38H38N4Ni2. The first-order valence-electron chi connectivity index (χ1n) is 14.5. The largest absolute Gasteiger partial charge is 0.255 e. The third-order valence-electron chi connectivity index (χ3n) is 7.66. The van der Waals surface area contributed by atoms with Crippen LogP contribution >= 0.6 is 0 Å². The van der Waals surface area contributed by atoms with Crippen LogP contribution in [0.3, 0.4) is 0 Å². The maximum absolute atomic E-state index is 4.83. The second-order valence-corrected chi connectivity index (χ2v) is 11.3. The van der Waals surface area contributed by atoms with E-state index in [-0.39, 0.29) is 38.9 Å². The summed E-state index contributed by atoms with van der Waals surface area (Å²) in [6.07, 6.45) is 7.26. The molecule has 0 N–H and O–H groups in total. The molecule has 0 spiro atoms. The van der Waals surface area contributed by atoms with Crippen molar-refractivity contribution in [2.24, 2.45) is 9.98 Å². The van der Waals surface area contributed by atoms with Crippen molar-refractivity contribution in [3.63, 3.8) is 0 Å². The number of benzene rings is 3. The first-order chi connectivity index (χ1) is 20.3. The summed E-state index contributed by atoms with van der Waals surface area (Å²) in [6, 6.07) is 30.0. The van der Waals surface area contributed by atoms with Crippen molar-refractivity contribution < 1.29 is 33.0 Å². The zero-order valence-electron chi connectivity index (χ0n) is 26.0. The van der Waals surface area contributed by atoms with Crippen LogP contribution in [0.25, 0.3) is 0 Å². The number of rotatable bonds is 8. The molecule has 0 aliphatic rings. The molecule has 5 aromatic rings. The Morgan fingerprint density at radius 2 is 0.909 bits per heavy atom. The van der Waals surface area contributed by atoms with Crippen LogP contribution < -0.4 is 0 Å². The Labute approximate surface area is 282 Å². The Bertz CT molecular complexity index is 1580. The fourth-order valence-electron chi connectivity index (χ4n) is 5.54. The molecule has 0 aliphatic carbocycles. The van der Waals surface area contributed by atoms with Crippen molar-refractivity contribution in [3.8, 4) is 0 Å². The topological polar surface area (TPSA) is 50.5 Å². The Morgan fingerprint density at radius 3 is 1.25 bits per heavy atom. The zero-order chi connectivity index (χ0) is 29.6. The molecule has 5 rings (SSSR count). The van der Waals surface area contributed by atoms with Gasteiger partial charge < -0.3 is 0 Å². The molecule has 2 aromatic heterocycles. The van der Waals surface area contributed by atoms with Crippen LogP contribution in [0.4, 0.5) is 11.4 Å². The normalized spacial score (nSPS) is 11.9. The number of aryl methyl sites for hydroxylation is 4. The number of pyridine rings is 2. The molecular weight excluding hydrogens is 630 g/mol. The van der Waals surface area contributed by atoms with E-state index in [1.807, 2.05) is 48.8 Å². The van der Waals surface area contributed by atoms with Crippen LogP contribution in [0.15, 0.2) is 107 Å². The average molecular weight is 668 g/mol. The van der Waals surface area contributed by atoms with Crippen molar-refractivity contribution in [2.75, 3.05) is 0 Å². The standard InChI is InChI=1S/C38H38N4.2Ni/c1-25(2)30-13-15-31(16-14-30)36(32-19-26(3)37(27(4)20-32)41-23-34-11-7-9-17-39-34)33-21-28(5)38(29(6)22-33)42-24-35-12-8-10-18-40-35;;/h7-25,36H,1-6H3;;. The third-order valence-corrected chi connectivity index (χ3v) is 7.66. The second-order valence-electron chi connectivity index (χ2n) is 11.3. The summed E-state index contributed by atoms with van der Waals surface area (Å²) in [5.74, 6) is 0.558. The molecule has 0 atom stereocenters. The van der Waals surface area contributed by atoms with Crippen LogP contribution in [-0.4, -0.2) is 22.4 Å². The van der Waals surface area contributed by atoms with Gasteiger partial charge in [-0.2, -0.15) is 0 Å². The number of aromatic nitrogens is 2.